The number of hydrogen-bond donors (Lipinski definition) is 2. The number of anilines is 1. The van der Waals surface area contributed by atoms with Crippen LogP contribution in [0, 0.1) is 6.92 Å². The van der Waals surface area contributed by atoms with Crippen LogP contribution in [-0.2, 0) is 11.3 Å². The van der Waals surface area contributed by atoms with Gasteiger partial charge in [0.05, 0.1) is 29.9 Å². The molecule has 10 nitrogen and oxygen atoms in total. The molecule has 0 amide bonds. The van der Waals surface area contributed by atoms with Crippen molar-refractivity contribution in [3.05, 3.63) is 59.1 Å². The second-order valence-corrected chi connectivity index (χ2v) is 10.4. The third-order valence-corrected chi connectivity index (χ3v) is 7.47. The van der Waals surface area contributed by atoms with E-state index in [9.17, 15) is 0 Å². The van der Waals surface area contributed by atoms with Gasteiger partial charge in [0.25, 0.3) is 0 Å². The van der Waals surface area contributed by atoms with Gasteiger partial charge in [-0.05, 0) is 49.2 Å². The highest BCUT2D eigenvalue weighted by molar-refractivity contribution is 6.33. The van der Waals surface area contributed by atoms with Crippen molar-refractivity contribution in [3.63, 3.8) is 0 Å². The average molecular weight is 549 g/mol. The van der Waals surface area contributed by atoms with Crippen LogP contribution in [0.4, 0.5) is 5.82 Å². The number of nitrogens with zero attached hydrogens (tertiary/aromatic N) is 6. The number of ether oxygens (including phenoxy) is 2. The molecule has 0 aliphatic carbocycles. The van der Waals surface area contributed by atoms with Crippen molar-refractivity contribution in [3.8, 4) is 17.1 Å². The van der Waals surface area contributed by atoms with Gasteiger partial charge in [-0.25, -0.2) is 15.0 Å². The number of aryl methyl sites for hydroxylation is 1. The summed E-state index contributed by atoms with van der Waals surface area (Å²) in [5.41, 5.74) is 4.27. The third kappa shape index (κ3) is 5.99. The van der Waals surface area contributed by atoms with Crippen LogP contribution >= 0.6 is 11.6 Å². The van der Waals surface area contributed by atoms with Gasteiger partial charge in [0.1, 0.15) is 24.5 Å². The molecule has 0 unspecified atom stereocenters. The van der Waals surface area contributed by atoms with E-state index in [0.717, 1.165) is 74.0 Å². The maximum atomic E-state index is 6.86. The van der Waals surface area contributed by atoms with Gasteiger partial charge in [0.2, 0.25) is 0 Å². The third-order valence-electron chi connectivity index (χ3n) is 7.16. The lowest BCUT2D eigenvalue weighted by atomic mass is 10.2. The first-order valence-corrected chi connectivity index (χ1v) is 13.8. The molecule has 2 saturated heterocycles. The molecule has 0 radical (unpaired) electrons. The first kappa shape index (κ1) is 25.9. The summed E-state index contributed by atoms with van der Waals surface area (Å²) in [6.45, 7) is 9.58. The Morgan fingerprint density at radius 3 is 2.85 bits per heavy atom. The Balaban J connectivity index is 1.31. The van der Waals surface area contributed by atoms with E-state index in [1.165, 1.54) is 0 Å². The van der Waals surface area contributed by atoms with Crippen molar-refractivity contribution in [1.82, 2.24) is 34.7 Å². The second kappa shape index (κ2) is 11.8. The zero-order valence-electron chi connectivity index (χ0n) is 22.1. The number of halogens is 1. The molecule has 2 N–H and O–H groups in total. The van der Waals surface area contributed by atoms with E-state index >= 15 is 0 Å². The molecule has 2 aliphatic rings. The Labute approximate surface area is 232 Å². The summed E-state index contributed by atoms with van der Waals surface area (Å²) in [6.07, 6.45) is 4.32. The first-order chi connectivity index (χ1) is 19.1. The van der Waals surface area contributed by atoms with Crippen molar-refractivity contribution in [2.24, 2.45) is 0 Å². The van der Waals surface area contributed by atoms with Gasteiger partial charge in [0, 0.05) is 51.1 Å². The van der Waals surface area contributed by atoms with E-state index in [-0.39, 0.29) is 6.04 Å². The molecule has 1 aromatic carbocycles. The average Bonchev–Trinajstić information content (AvgIpc) is 3.58. The molecule has 204 valence electrons. The summed E-state index contributed by atoms with van der Waals surface area (Å²) < 4.78 is 13.6. The van der Waals surface area contributed by atoms with Crippen molar-refractivity contribution < 1.29 is 9.47 Å². The summed E-state index contributed by atoms with van der Waals surface area (Å²) >= 11 is 6.86. The van der Waals surface area contributed by atoms with Gasteiger partial charge >= 0.3 is 0 Å². The van der Waals surface area contributed by atoms with E-state index in [1.54, 1.807) is 6.33 Å². The highest BCUT2D eigenvalue weighted by Crippen LogP contribution is 2.34. The number of hydrogen-bond acceptors (Lipinski definition) is 9. The first-order valence-electron chi connectivity index (χ1n) is 13.5. The summed E-state index contributed by atoms with van der Waals surface area (Å²) in [4.78, 5) is 21.2. The topological polar surface area (TPSA) is 102 Å². The largest absolute Gasteiger partial charge is 0.492 e. The Bertz CT molecular complexity index is 1430. The van der Waals surface area contributed by atoms with Crippen LogP contribution in [0.15, 0.2) is 42.9 Å². The number of imidazole rings is 1. The predicted molar refractivity (Wildman–Crippen MR) is 151 cm³/mol. The molecule has 0 saturated carbocycles. The number of fused-ring (bicyclic) bond motifs is 1. The molecule has 11 heteroatoms. The monoisotopic (exact) mass is 548 g/mol. The molecule has 6 rings (SSSR count). The number of aromatic nitrogens is 5. The van der Waals surface area contributed by atoms with Crippen molar-refractivity contribution >= 4 is 28.6 Å². The minimum atomic E-state index is 0.191. The molecule has 2 aliphatic heterocycles. The molecule has 0 bridgehead atoms. The molecule has 1 atom stereocenters. The van der Waals surface area contributed by atoms with Crippen LogP contribution in [-0.4, -0.2) is 88.0 Å². The van der Waals surface area contributed by atoms with Crippen molar-refractivity contribution in [2.45, 2.75) is 25.9 Å². The van der Waals surface area contributed by atoms with Gasteiger partial charge in [-0.3, -0.25) is 9.88 Å². The minimum Gasteiger partial charge on any atom is -0.492 e. The van der Waals surface area contributed by atoms with E-state index in [4.69, 9.17) is 26.1 Å². The van der Waals surface area contributed by atoms with Gasteiger partial charge < -0.3 is 24.7 Å². The number of piperazine rings is 1. The number of benzene rings is 1. The quantitative estimate of drug-likeness (QED) is 0.326. The normalized spacial score (nSPS) is 18.1. The SMILES string of the molecule is Cc1ccnc(Cn2c(-c3ccc(OCCN4CCNCC4)cc3Cl)nc3c(N[C@@H]4CCOC4)ncnc32)c1. The number of nitrogens with one attached hydrogen (secondary N) is 2. The minimum absolute atomic E-state index is 0.191. The Hall–Kier alpha value is -3.31. The molecular weight excluding hydrogens is 516 g/mol. The summed E-state index contributed by atoms with van der Waals surface area (Å²) in [7, 11) is 0. The maximum absolute atomic E-state index is 6.86. The smallest absolute Gasteiger partial charge is 0.166 e. The van der Waals surface area contributed by atoms with Crippen LogP contribution in [0.3, 0.4) is 0 Å². The molecule has 3 aromatic heterocycles. The fourth-order valence-corrected chi connectivity index (χ4v) is 5.34. The highest BCUT2D eigenvalue weighted by Gasteiger charge is 2.23. The molecule has 4 aromatic rings. The maximum Gasteiger partial charge on any atom is 0.166 e. The van der Waals surface area contributed by atoms with Gasteiger partial charge in [-0.2, -0.15) is 0 Å². The van der Waals surface area contributed by atoms with Crippen molar-refractivity contribution in [2.75, 3.05) is 57.9 Å². The van der Waals surface area contributed by atoms with Crippen LogP contribution in [0.2, 0.25) is 5.02 Å². The van der Waals surface area contributed by atoms with Crippen molar-refractivity contribution in [1.29, 1.82) is 0 Å². The molecule has 39 heavy (non-hydrogen) atoms. The lowest BCUT2D eigenvalue weighted by Crippen LogP contribution is -2.44. The van der Waals surface area contributed by atoms with Crippen LogP contribution in [0.25, 0.3) is 22.6 Å². The lowest BCUT2D eigenvalue weighted by molar-refractivity contribution is 0.191. The Morgan fingerprint density at radius 1 is 1.15 bits per heavy atom. The Morgan fingerprint density at radius 2 is 2.05 bits per heavy atom. The van der Waals surface area contributed by atoms with Crippen LogP contribution in [0.1, 0.15) is 17.7 Å². The van der Waals surface area contributed by atoms with E-state index < -0.39 is 0 Å². The summed E-state index contributed by atoms with van der Waals surface area (Å²) in [5.74, 6) is 2.14. The lowest BCUT2D eigenvalue weighted by Gasteiger charge is -2.26. The standard InChI is InChI=1S/C28H33ClN8O2/c1-19-4-6-31-21(14-19)16-37-27(35-25-26(32-18-33-28(25)37)34-20-5-12-38-17-20)23-3-2-22(15-24(23)29)39-13-11-36-9-7-30-8-10-36/h2-4,6,14-15,18,20,30H,5,7-13,16-17H2,1H3,(H,32,33,34)/t20-/m1/s1. The molecular formula is C28H33ClN8O2. The zero-order chi connectivity index (χ0) is 26.6. The number of pyridine rings is 1. The molecule has 0 spiro atoms. The zero-order valence-corrected chi connectivity index (χ0v) is 22.8. The fourth-order valence-electron chi connectivity index (χ4n) is 5.08. The van der Waals surface area contributed by atoms with Gasteiger partial charge in [-0.1, -0.05) is 11.6 Å². The molecule has 5 heterocycles. The molecule has 2 fully saturated rings. The van der Waals surface area contributed by atoms with E-state index in [2.05, 4.69) is 48.0 Å². The van der Waals surface area contributed by atoms with Gasteiger partial charge in [0.15, 0.2) is 17.0 Å². The fraction of sp³-hybridized carbons (Fsp3) is 0.429. The highest BCUT2D eigenvalue weighted by atomic mass is 35.5. The summed E-state index contributed by atoms with van der Waals surface area (Å²) in [5, 5.41) is 7.43. The van der Waals surface area contributed by atoms with Gasteiger partial charge in [-0.15, -0.1) is 0 Å². The predicted octanol–water partition coefficient (Wildman–Crippen LogP) is 3.38. The number of rotatable bonds is 9. The second-order valence-electron chi connectivity index (χ2n) is 10.0. The summed E-state index contributed by atoms with van der Waals surface area (Å²) in [6, 6.07) is 10.0. The Kier molecular flexibility index (Phi) is 7.87. The van der Waals surface area contributed by atoms with Crippen LogP contribution in [0.5, 0.6) is 5.75 Å². The van der Waals surface area contributed by atoms with E-state index in [0.29, 0.717) is 41.9 Å². The van der Waals surface area contributed by atoms with Crippen LogP contribution < -0.4 is 15.4 Å². The van der Waals surface area contributed by atoms with E-state index in [1.807, 2.05) is 30.5 Å².